The van der Waals surface area contributed by atoms with Crippen LogP contribution in [0.2, 0.25) is 5.02 Å². The van der Waals surface area contributed by atoms with E-state index in [1.54, 1.807) is 30.0 Å². The number of fused-ring (bicyclic) bond motifs is 1. The third kappa shape index (κ3) is 4.03. The number of carbonyl (C=O) groups is 2. The zero-order valence-corrected chi connectivity index (χ0v) is 18.5. The first kappa shape index (κ1) is 21.0. The molecule has 0 spiro atoms. The van der Waals surface area contributed by atoms with Gasteiger partial charge in [-0.15, -0.1) is 0 Å². The molecule has 8 heteroatoms. The molecule has 33 heavy (non-hydrogen) atoms. The van der Waals surface area contributed by atoms with E-state index in [-0.39, 0.29) is 17.5 Å². The SMILES string of the molecule is Cc1ccc(Oc2nc3cc(-c4ccc(N5CCCC5=O)cc4)c(Cl)cc3[nH]2)cc1C(=O)O. The average Bonchev–Trinajstić information content (AvgIpc) is 3.39. The molecule has 3 aromatic carbocycles. The summed E-state index contributed by atoms with van der Waals surface area (Å²) < 4.78 is 5.77. The van der Waals surface area contributed by atoms with Gasteiger partial charge in [0.05, 0.1) is 21.6 Å². The summed E-state index contributed by atoms with van der Waals surface area (Å²) in [6, 6.07) is 16.5. The number of carbonyl (C=O) groups excluding carboxylic acids is 1. The summed E-state index contributed by atoms with van der Waals surface area (Å²) in [4.78, 5) is 32.7. The van der Waals surface area contributed by atoms with Gasteiger partial charge >= 0.3 is 5.97 Å². The summed E-state index contributed by atoms with van der Waals surface area (Å²) in [5.41, 5.74) is 4.78. The summed E-state index contributed by atoms with van der Waals surface area (Å²) in [6.45, 7) is 2.48. The molecular weight excluding hydrogens is 442 g/mol. The van der Waals surface area contributed by atoms with Gasteiger partial charge in [-0.1, -0.05) is 29.8 Å². The summed E-state index contributed by atoms with van der Waals surface area (Å²) in [5.74, 6) is -0.496. The van der Waals surface area contributed by atoms with Gasteiger partial charge in [0, 0.05) is 24.2 Å². The molecule has 0 bridgehead atoms. The van der Waals surface area contributed by atoms with Crippen molar-refractivity contribution in [3.05, 3.63) is 70.7 Å². The molecule has 0 radical (unpaired) electrons. The van der Waals surface area contributed by atoms with Crippen molar-refractivity contribution < 1.29 is 19.4 Å². The third-order valence-corrected chi connectivity index (χ3v) is 6.08. The molecule has 0 saturated carbocycles. The lowest BCUT2D eigenvalue weighted by Gasteiger charge is -2.16. The predicted octanol–water partition coefficient (Wildman–Crippen LogP) is 5.81. The Hall–Kier alpha value is -3.84. The first-order valence-electron chi connectivity index (χ1n) is 10.5. The lowest BCUT2D eigenvalue weighted by molar-refractivity contribution is -0.117. The molecule has 7 nitrogen and oxygen atoms in total. The maximum Gasteiger partial charge on any atom is 0.336 e. The Labute approximate surface area is 194 Å². The van der Waals surface area contributed by atoms with E-state index in [0.717, 1.165) is 29.8 Å². The number of aromatic nitrogens is 2. The van der Waals surface area contributed by atoms with Crippen molar-refractivity contribution in [1.29, 1.82) is 0 Å². The van der Waals surface area contributed by atoms with E-state index in [9.17, 15) is 14.7 Å². The largest absolute Gasteiger partial charge is 0.478 e. The Morgan fingerprint density at radius 3 is 2.64 bits per heavy atom. The number of aryl methyl sites for hydroxylation is 1. The second-order valence-corrected chi connectivity index (χ2v) is 8.38. The molecule has 0 aliphatic carbocycles. The number of halogens is 1. The molecule has 0 unspecified atom stereocenters. The summed E-state index contributed by atoms with van der Waals surface area (Å²) in [7, 11) is 0. The van der Waals surface area contributed by atoms with Crippen LogP contribution in [0.1, 0.15) is 28.8 Å². The van der Waals surface area contributed by atoms with Crippen molar-refractivity contribution in [2.75, 3.05) is 11.4 Å². The van der Waals surface area contributed by atoms with Crippen LogP contribution in [-0.4, -0.2) is 33.5 Å². The maximum absolute atomic E-state index is 12.0. The minimum absolute atomic E-state index is 0.148. The van der Waals surface area contributed by atoms with Crippen LogP contribution in [0.25, 0.3) is 22.2 Å². The zero-order chi connectivity index (χ0) is 23.1. The van der Waals surface area contributed by atoms with Crippen molar-refractivity contribution in [2.24, 2.45) is 0 Å². The Morgan fingerprint density at radius 1 is 1.15 bits per heavy atom. The molecule has 166 valence electrons. The molecule has 1 amide bonds. The van der Waals surface area contributed by atoms with Gasteiger partial charge in [0.2, 0.25) is 5.91 Å². The Balaban J connectivity index is 1.43. The zero-order valence-electron chi connectivity index (χ0n) is 17.8. The number of nitrogens with one attached hydrogen (secondary N) is 1. The highest BCUT2D eigenvalue weighted by Gasteiger charge is 2.21. The number of hydrogen-bond donors (Lipinski definition) is 2. The van der Waals surface area contributed by atoms with E-state index in [1.807, 2.05) is 30.3 Å². The number of carboxylic acid groups (broad SMARTS) is 1. The maximum atomic E-state index is 12.0. The van der Waals surface area contributed by atoms with Gasteiger partial charge in [-0.25, -0.2) is 4.79 Å². The highest BCUT2D eigenvalue weighted by atomic mass is 35.5. The van der Waals surface area contributed by atoms with Gasteiger partial charge in [0.25, 0.3) is 6.01 Å². The number of aromatic amines is 1. The summed E-state index contributed by atoms with van der Waals surface area (Å²) >= 11 is 6.55. The fraction of sp³-hybridized carbons (Fsp3) is 0.160. The molecule has 1 aliphatic rings. The van der Waals surface area contributed by atoms with Gasteiger partial charge < -0.3 is 19.7 Å². The Morgan fingerprint density at radius 2 is 1.94 bits per heavy atom. The van der Waals surface area contributed by atoms with E-state index in [0.29, 0.717) is 33.8 Å². The normalized spacial score (nSPS) is 13.6. The number of anilines is 1. The van der Waals surface area contributed by atoms with Crippen molar-refractivity contribution in [1.82, 2.24) is 9.97 Å². The molecular formula is C25H20ClN3O4. The molecule has 0 atom stereocenters. The van der Waals surface area contributed by atoms with Crippen LogP contribution in [-0.2, 0) is 4.79 Å². The van der Waals surface area contributed by atoms with Gasteiger partial charge in [0.1, 0.15) is 5.75 Å². The fourth-order valence-electron chi connectivity index (χ4n) is 4.03. The topological polar surface area (TPSA) is 95.5 Å². The Kier molecular flexibility index (Phi) is 5.26. The number of benzene rings is 3. The highest BCUT2D eigenvalue weighted by Crippen LogP contribution is 2.34. The lowest BCUT2D eigenvalue weighted by atomic mass is 10.0. The van der Waals surface area contributed by atoms with Gasteiger partial charge in [-0.3, -0.25) is 4.79 Å². The highest BCUT2D eigenvalue weighted by molar-refractivity contribution is 6.34. The van der Waals surface area contributed by atoms with E-state index < -0.39 is 5.97 Å². The number of ether oxygens (including phenoxy) is 1. The fourth-order valence-corrected chi connectivity index (χ4v) is 4.30. The number of imidazole rings is 1. The number of aromatic carboxylic acids is 1. The number of rotatable bonds is 5. The molecule has 1 saturated heterocycles. The van der Waals surface area contributed by atoms with Crippen molar-refractivity contribution in [3.63, 3.8) is 0 Å². The monoisotopic (exact) mass is 461 g/mol. The number of nitrogens with zero attached hydrogens (tertiary/aromatic N) is 2. The van der Waals surface area contributed by atoms with E-state index in [4.69, 9.17) is 16.3 Å². The molecule has 1 aliphatic heterocycles. The minimum atomic E-state index is -1.01. The molecule has 1 aromatic heterocycles. The van der Waals surface area contributed by atoms with Crippen LogP contribution in [0.3, 0.4) is 0 Å². The average molecular weight is 462 g/mol. The van der Waals surface area contributed by atoms with Crippen molar-refractivity contribution in [2.45, 2.75) is 19.8 Å². The molecule has 2 heterocycles. The number of hydrogen-bond acceptors (Lipinski definition) is 4. The molecule has 2 N–H and O–H groups in total. The van der Waals surface area contributed by atoms with Crippen molar-refractivity contribution in [3.8, 4) is 22.9 Å². The van der Waals surface area contributed by atoms with Gasteiger partial charge in [0.15, 0.2) is 0 Å². The van der Waals surface area contributed by atoms with Crippen LogP contribution >= 0.6 is 11.6 Å². The second kappa shape index (κ2) is 8.26. The number of H-pyrrole nitrogens is 1. The smallest absolute Gasteiger partial charge is 0.336 e. The van der Waals surface area contributed by atoms with Gasteiger partial charge in [-0.05, 0) is 60.9 Å². The van der Waals surface area contributed by atoms with Crippen LogP contribution in [0, 0.1) is 6.92 Å². The van der Waals surface area contributed by atoms with Gasteiger partial charge in [-0.2, -0.15) is 4.98 Å². The van der Waals surface area contributed by atoms with Crippen LogP contribution in [0.15, 0.2) is 54.6 Å². The second-order valence-electron chi connectivity index (χ2n) is 7.97. The standard InChI is InChI=1S/C25H20ClN3O4/c1-14-4-9-17(11-18(14)24(31)32)33-25-27-21-12-19(20(26)13-22(21)28-25)15-5-7-16(8-6-15)29-10-2-3-23(29)30/h4-9,11-13H,2-3,10H2,1H3,(H,27,28)(H,31,32). The summed E-state index contributed by atoms with van der Waals surface area (Å²) in [6.07, 6.45) is 1.47. The minimum Gasteiger partial charge on any atom is -0.478 e. The third-order valence-electron chi connectivity index (χ3n) is 5.77. The van der Waals surface area contributed by atoms with E-state index >= 15 is 0 Å². The van der Waals surface area contributed by atoms with E-state index in [1.165, 1.54) is 6.07 Å². The molecule has 4 aromatic rings. The predicted molar refractivity (Wildman–Crippen MR) is 126 cm³/mol. The van der Waals surface area contributed by atoms with Crippen LogP contribution in [0.5, 0.6) is 11.8 Å². The summed E-state index contributed by atoms with van der Waals surface area (Å²) in [5, 5.41) is 9.87. The quantitative estimate of drug-likeness (QED) is 0.391. The molecule has 5 rings (SSSR count). The first-order chi connectivity index (χ1) is 15.9. The van der Waals surface area contributed by atoms with E-state index in [2.05, 4.69) is 9.97 Å². The van der Waals surface area contributed by atoms with Crippen LogP contribution < -0.4 is 9.64 Å². The Bertz CT molecular complexity index is 1400. The van der Waals surface area contributed by atoms with Crippen LogP contribution in [0.4, 0.5) is 5.69 Å². The van der Waals surface area contributed by atoms with Crippen molar-refractivity contribution >= 4 is 40.2 Å². The lowest BCUT2D eigenvalue weighted by Crippen LogP contribution is -2.23. The first-order valence-corrected chi connectivity index (χ1v) is 10.9. The number of carboxylic acids is 1. The number of amides is 1. The molecule has 1 fully saturated rings.